The molecule has 1 saturated heterocycles. The van der Waals surface area contributed by atoms with E-state index in [-0.39, 0.29) is 11.8 Å². The molecule has 0 aliphatic carbocycles. The van der Waals surface area contributed by atoms with E-state index in [1.54, 1.807) is 24.3 Å². The van der Waals surface area contributed by atoms with Crippen molar-refractivity contribution in [1.82, 2.24) is 9.47 Å². The molecule has 0 radical (unpaired) electrons. The monoisotopic (exact) mass is 410 g/mol. The largest absolute Gasteiger partial charge is 0.379 e. The van der Waals surface area contributed by atoms with Crippen molar-refractivity contribution in [2.75, 3.05) is 43.5 Å². The molecule has 2 N–H and O–H groups in total. The summed E-state index contributed by atoms with van der Waals surface area (Å²) >= 11 is 1.40. The summed E-state index contributed by atoms with van der Waals surface area (Å²) in [7, 11) is 0. The summed E-state index contributed by atoms with van der Waals surface area (Å²) in [6, 6.07) is 12.9. The number of carbonyl (C=O) groups is 2. The Labute approximate surface area is 172 Å². The zero-order valence-corrected chi connectivity index (χ0v) is 16.7. The Hall–Kier alpha value is -2.94. The second-order valence-corrected chi connectivity index (χ2v) is 7.61. The first kappa shape index (κ1) is 19.4. The first-order chi connectivity index (χ1) is 14.2. The first-order valence-corrected chi connectivity index (χ1v) is 10.3. The quantitative estimate of drug-likeness (QED) is 0.655. The molecule has 2 aromatic heterocycles. The second kappa shape index (κ2) is 9.04. The third-order valence-electron chi connectivity index (χ3n) is 4.63. The Morgan fingerprint density at radius 3 is 2.31 bits per heavy atom. The lowest BCUT2D eigenvalue weighted by Gasteiger charge is -2.25. The first-order valence-electron chi connectivity index (χ1n) is 9.41. The van der Waals surface area contributed by atoms with Crippen LogP contribution in [-0.4, -0.2) is 54.1 Å². The van der Waals surface area contributed by atoms with E-state index in [0.29, 0.717) is 36.0 Å². The highest BCUT2D eigenvalue weighted by Gasteiger charge is 2.16. The Kier molecular flexibility index (Phi) is 6.04. The molecule has 0 saturated carbocycles. The van der Waals surface area contributed by atoms with Gasteiger partial charge in [0.25, 0.3) is 5.91 Å². The highest BCUT2D eigenvalue weighted by Crippen LogP contribution is 2.23. The van der Waals surface area contributed by atoms with Crippen LogP contribution in [0.25, 0.3) is 5.69 Å². The number of benzene rings is 1. The topological polar surface area (TPSA) is 75.6 Å². The Balaban J connectivity index is 1.34. The fourth-order valence-electron chi connectivity index (χ4n) is 3.16. The third-order valence-corrected chi connectivity index (χ3v) is 5.53. The number of rotatable bonds is 6. The molecule has 2 amide bonds. The zero-order chi connectivity index (χ0) is 20.1. The van der Waals surface area contributed by atoms with Crippen LogP contribution in [0.15, 0.2) is 60.2 Å². The van der Waals surface area contributed by atoms with Crippen molar-refractivity contribution in [2.45, 2.75) is 0 Å². The minimum atomic E-state index is -0.159. The van der Waals surface area contributed by atoms with Crippen LogP contribution in [0.1, 0.15) is 9.67 Å². The number of anilines is 2. The van der Waals surface area contributed by atoms with Crippen LogP contribution < -0.4 is 10.6 Å². The van der Waals surface area contributed by atoms with Crippen molar-refractivity contribution in [2.24, 2.45) is 0 Å². The van der Waals surface area contributed by atoms with E-state index in [1.165, 1.54) is 11.3 Å². The van der Waals surface area contributed by atoms with Gasteiger partial charge in [-0.2, -0.15) is 0 Å². The molecule has 3 heterocycles. The molecule has 150 valence electrons. The molecule has 1 fully saturated rings. The smallest absolute Gasteiger partial charge is 0.267 e. The molecule has 29 heavy (non-hydrogen) atoms. The van der Waals surface area contributed by atoms with Gasteiger partial charge in [0.05, 0.1) is 25.4 Å². The van der Waals surface area contributed by atoms with Crippen LogP contribution in [0.3, 0.4) is 0 Å². The maximum atomic E-state index is 12.7. The summed E-state index contributed by atoms with van der Waals surface area (Å²) in [5, 5.41) is 7.71. The molecule has 0 atom stereocenters. The molecule has 4 rings (SSSR count). The van der Waals surface area contributed by atoms with Gasteiger partial charge in [-0.3, -0.25) is 14.5 Å². The van der Waals surface area contributed by atoms with E-state index in [0.717, 1.165) is 18.8 Å². The molecule has 0 unspecified atom stereocenters. The van der Waals surface area contributed by atoms with Gasteiger partial charge in [0.15, 0.2) is 0 Å². The predicted octanol–water partition coefficient (Wildman–Crippen LogP) is 3.06. The summed E-state index contributed by atoms with van der Waals surface area (Å²) in [6.07, 6.45) is 3.82. The highest BCUT2D eigenvalue weighted by atomic mass is 32.1. The Bertz CT molecular complexity index is 960. The summed E-state index contributed by atoms with van der Waals surface area (Å²) in [5.41, 5.74) is 2.22. The van der Waals surface area contributed by atoms with Gasteiger partial charge in [0.1, 0.15) is 4.88 Å². The maximum absolute atomic E-state index is 12.7. The normalized spacial score (nSPS) is 14.5. The van der Waals surface area contributed by atoms with Crippen molar-refractivity contribution >= 4 is 34.5 Å². The summed E-state index contributed by atoms with van der Waals surface area (Å²) < 4.78 is 7.21. The van der Waals surface area contributed by atoms with Crippen LogP contribution in [0.4, 0.5) is 11.4 Å². The number of morpholine rings is 1. The van der Waals surface area contributed by atoms with Gasteiger partial charge in [-0.1, -0.05) is 0 Å². The maximum Gasteiger partial charge on any atom is 0.267 e. The third kappa shape index (κ3) is 4.92. The van der Waals surface area contributed by atoms with Crippen LogP contribution in [0.5, 0.6) is 0 Å². The number of aromatic nitrogens is 1. The molecule has 0 bridgehead atoms. The number of hydrogen-bond acceptors (Lipinski definition) is 5. The Morgan fingerprint density at radius 1 is 0.966 bits per heavy atom. The van der Waals surface area contributed by atoms with Crippen molar-refractivity contribution in [1.29, 1.82) is 0 Å². The minimum Gasteiger partial charge on any atom is -0.379 e. The summed E-state index contributed by atoms with van der Waals surface area (Å²) in [6.45, 7) is 3.22. The van der Waals surface area contributed by atoms with E-state index in [2.05, 4.69) is 15.5 Å². The van der Waals surface area contributed by atoms with Crippen molar-refractivity contribution in [3.63, 3.8) is 0 Å². The van der Waals surface area contributed by atoms with Crippen molar-refractivity contribution < 1.29 is 14.3 Å². The van der Waals surface area contributed by atoms with Crippen LogP contribution >= 0.6 is 11.3 Å². The van der Waals surface area contributed by atoms with Gasteiger partial charge < -0.3 is 19.9 Å². The number of ether oxygens (including phenoxy) is 1. The average Bonchev–Trinajstić information content (AvgIpc) is 3.42. The summed E-state index contributed by atoms with van der Waals surface area (Å²) in [4.78, 5) is 27.6. The molecule has 3 aromatic rings. The van der Waals surface area contributed by atoms with Gasteiger partial charge >= 0.3 is 0 Å². The van der Waals surface area contributed by atoms with Gasteiger partial charge in [0, 0.05) is 36.9 Å². The predicted molar refractivity (Wildman–Crippen MR) is 114 cm³/mol. The average molecular weight is 410 g/mol. The molecule has 7 nitrogen and oxygen atoms in total. The van der Waals surface area contributed by atoms with E-state index in [4.69, 9.17) is 4.74 Å². The Morgan fingerprint density at radius 2 is 1.62 bits per heavy atom. The zero-order valence-electron chi connectivity index (χ0n) is 15.8. The lowest BCUT2D eigenvalue weighted by atomic mass is 10.2. The molecule has 1 aromatic carbocycles. The number of amides is 2. The standard InChI is InChI=1S/C21H22N4O3S/c26-19(15-24-10-12-28-13-11-24)22-16-3-5-17(6-4-16)23-21(27)20-18(7-14-29-20)25-8-1-2-9-25/h1-9,14H,10-13,15H2,(H,22,26)(H,23,27). The number of nitrogens with zero attached hydrogens (tertiary/aromatic N) is 2. The molecule has 1 aliphatic heterocycles. The van der Waals surface area contributed by atoms with Gasteiger partial charge in [-0.25, -0.2) is 0 Å². The lowest BCUT2D eigenvalue weighted by molar-refractivity contribution is -0.118. The van der Waals surface area contributed by atoms with Crippen LogP contribution in [0, 0.1) is 0 Å². The number of nitrogens with one attached hydrogen (secondary N) is 2. The fourth-order valence-corrected chi connectivity index (χ4v) is 3.94. The molecule has 0 spiro atoms. The molecular weight excluding hydrogens is 388 g/mol. The van der Waals surface area contributed by atoms with Gasteiger partial charge in [0.2, 0.25) is 5.91 Å². The van der Waals surface area contributed by atoms with E-state index in [9.17, 15) is 9.59 Å². The minimum absolute atomic E-state index is 0.0568. The van der Waals surface area contributed by atoms with Crippen LogP contribution in [0.2, 0.25) is 0 Å². The number of thiophene rings is 1. The molecule has 8 heteroatoms. The number of carbonyl (C=O) groups excluding carboxylic acids is 2. The van der Waals surface area contributed by atoms with Gasteiger partial charge in [-0.05, 0) is 47.8 Å². The van der Waals surface area contributed by atoms with E-state index < -0.39 is 0 Å². The second-order valence-electron chi connectivity index (χ2n) is 6.69. The highest BCUT2D eigenvalue weighted by molar-refractivity contribution is 7.12. The molecular formula is C21H22N4O3S. The SMILES string of the molecule is O=C(CN1CCOCC1)Nc1ccc(NC(=O)c2sccc2-n2cccc2)cc1. The lowest BCUT2D eigenvalue weighted by Crippen LogP contribution is -2.41. The van der Waals surface area contributed by atoms with E-state index in [1.807, 2.05) is 40.5 Å². The number of hydrogen-bond donors (Lipinski definition) is 2. The van der Waals surface area contributed by atoms with E-state index >= 15 is 0 Å². The molecule has 1 aliphatic rings. The van der Waals surface area contributed by atoms with Gasteiger partial charge in [-0.15, -0.1) is 11.3 Å². The van der Waals surface area contributed by atoms with Crippen molar-refractivity contribution in [3.05, 3.63) is 65.1 Å². The van der Waals surface area contributed by atoms with Crippen LogP contribution in [-0.2, 0) is 9.53 Å². The fraction of sp³-hybridized carbons (Fsp3) is 0.238. The summed E-state index contributed by atoms with van der Waals surface area (Å²) in [5.74, 6) is -0.216. The van der Waals surface area contributed by atoms with Crippen molar-refractivity contribution in [3.8, 4) is 5.69 Å².